The van der Waals surface area contributed by atoms with Crippen molar-refractivity contribution < 1.29 is 0 Å². The molecule has 0 aliphatic carbocycles. The average molecular weight is 269 g/mol. The summed E-state index contributed by atoms with van der Waals surface area (Å²) in [5.74, 6) is 0. The van der Waals surface area contributed by atoms with Gasteiger partial charge in [0.1, 0.15) is 0 Å². The Morgan fingerprint density at radius 2 is 2.00 bits per heavy atom. The van der Waals surface area contributed by atoms with Crippen LogP contribution in [0.1, 0.15) is 12.0 Å². The van der Waals surface area contributed by atoms with E-state index in [0.29, 0.717) is 0 Å². The molecular formula is C13H14Cl2N2. The van der Waals surface area contributed by atoms with E-state index in [0.717, 1.165) is 24.4 Å². The van der Waals surface area contributed by atoms with E-state index >= 15 is 0 Å². The van der Waals surface area contributed by atoms with Gasteiger partial charge in [-0.2, -0.15) is 0 Å². The number of rotatable bonds is 5. The Hall–Kier alpha value is -0.990. The lowest BCUT2D eigenvalue weighted by Crippen LogP contribution is -2.10. The van der Waals surface area contributed by atoms with Crippen LogP contribution >= 0.6 is 23.2 Å². The first kappa shape index (κ1) is 12.5. The first-order valence-corrected chi connectivity index (χ1v) is 6.40. The molecule has 2 nitrogen and oxygen atoms in total. The van der Waals surface area contributed by atoms with Gasteiger partial charge >= 0.3 is 0 Å². The van der Waals surface area contributed by atoms with Gasteiger partial charge in [0.25, 0.3) is 0 Å². The van der Waals surface area contributed by atoms with Gasteiger partial charge in [-0.1, -0.05) is 23.7 Å². The van der Waals surface area contributed by atoms with E-state index in [9.17, 15) is 0 Å². The van der Waals surface area contributed by atoms with Gasteiger partial charge in [0, 0.05) is 24.0 Å². The molecule has 17 heavy (non-hydrogen) atoms. The van der Waals surface area contributed by atoms with E-state index in [4.69, 9.17) is 23.2 Å². The molecule has 0 N–H and O–H groups in total. The Kier molecular flexibility index (Phi) is 4.46. The molecule has 1 unspecified atom stereocenters. The summed E-state index contributed by atoms with van der Waals surface area (Å²) >= 11 is 12.1. The molecule has 0 saturated carbocycles. The van der Waals surface area contributed by atoms with E-state index in [1.165, 1.54) is 5.56 Å². The number of nitrogens with zero attached hydrogens (tertiary/aromatic N) is 2. The molecule has 90 valence electrons. The first-order chi connectivity index (χ1) is 8.24. The summed E-state index contributed by atoms with van der Waals surface area (Å²) < 4.78 is 2.00. The summed E-state index contributed by atoms with van der Waals surface area (Å²) in [7, 11) is 0. The second kappa shape index (κ2) is 6.08. The molecule has 0 radical (unpaired) electrons. The van der Waals surface area contributed by atoms with Gasteiger partial charge in [0.15, 0.2) is 0 Å². The molecule has 2 rings (SSSR count). The van der Waals surface area contributed by atoms with E-state index in [1.807, 2.05) is 35.0 Å². The van der Waals surface area contributed by atoms with Gasteiger partial charge in [-0.25, -0.2) is 4.98 Å². The summed E-state index contributed by atoms with van der Waals surface area (Å²) in [6.45, 7) is 0.801. The third-order valence-electron chi connectivity index (χ3n) is 2.63. The molecule has 0 bridgehead atoms. The number of benzene rings is 1. The van der Waals surface area contributed by atoms with E-state index in [1.54, 1.807) is 12.5 Å². The van der Waals surface area contributed by atoms with Crippen LogP contribution in [0, 0.1) is 0 Å². The highest BCUT2D eigenvalue weighted by atomic mass is 35.5. The van der Waals surface area contributed by atoms with Crippen LogP contribution < -0.4 is 0 Å². The molecule has 0 spiro atoms. The topological polar surface area (TPSA) is 17.8 Å². The molecular weight excluding hydrogens is 255 g/mol. The largest absolute Gasteiger partial charge is 0.336 e. The lowest BCUT2D eigenvalue weighted by atomic mass is 10.1. The number of hydrogen-bond acceptors (Lipinski definition) is 1. The SMILES string of the molecule is Clc1ccc(CCC(Cl)Cn2ccnc2)cc1. The van der Waals surface area contributed by atoms with E-state index < -0.39 is 0 Å². The zero-order valence-electron chi connectivity index (χ0n) is 9.39. The third-order valence-corrected chi connectivity index (χ3v) is 3.24. The highest BCUT2D eigenvalue weighted by molar-refractivity contribution is 6.30. The number of hydrogen-bond donors (Lipinski definition) is 0. The summed E-state index contributed by atoms with van der Waals surface area (Å²) in [6.07, 6.45) is 7.40. The lowest BCUT2D eigenvalue weighted by molar-refractivity contribution is 0.617. The quantitative estimate of drug-likeness (QED) is 0.755. The highest BCUT2D eigenvalue weighted by Gasteiger charge is 2.05. The van der Waals surface area contributed by atoms with Gasteiger partial charge in [-0.15, -0.1) is 11.6 Å². The minimum atomic E-state index is 0.125. The highest BCUT2D eigenvalue weighted by Crippen LogP contribution is 2.14. The number of halogens is 2. The molecule has 4 heteroatoms. The minimum Gasteiger partial charge on any atom is -0.336 e. The van der Waals surface area contributed by atoms with Crippen LogP contribution in [0.5, 0.6) is 0 Å². The van der Waals surface area contributed by atoms with Crippen molar-refractivity contribution in [3.8, 4) is 0 Å². The van der Waals surface area contributed by atoms with E-state index in [2.05, 4.69) is 4.98 Å². The van der Waals surface area contributed by atoms with Crippen LogP contribution in [-0.2, 0) is 13.0 Å². The second-order valence-electron chi connectivity index (χ2n) is 4.02. The Bertz CT molecular complexity index is 437. The Labute approximate surface area is 111 Å². The zero-order chi connectivity index (χ0) is 12.1. The molecule has 1 heterocycles. The number of aryl methyl sites for hydroxylation is 1. The molecule has 0 aliphatic heterocycles. The predicted octanol–water partition coefficient (Wildman–Crippen LogP) is 3.78. The smallest absolute Gasteiger partial charge is 0.0946 e. The summed E-state index contributed by atoms with van der Waals surface area (Å²) in [6, 6.07) is 7.91. The maximum absolute atomic E-state index is 6.28. The number of aromatic nitrogens is 2. The van der Waals surface area contributed by atoms with Crippen LogP contribution in [0.25, 0.3) is 0 Å². The Morgan fingerprint density at radius 3 is 2.65 bits per heavy atom. The van der Waals surface area contributed by atoms with Crippen molar-refractivity contribution in [3.63, 3.8) is 0 Å². The summed E-state index contributed by atoms with van der Waals surface area (Å²) in [5, 5.41) is 0.898. The molecule has 0 saturated heterocycles. The Morgan fingerprint density at radius 1 is 1.24 bits per heavy atom. The van der Waals surface area contributed by atoms with Gasteiger partial charge in [0.2, 0.25) is 0 Å². The molecule has 1 aromatic heterocycles. The lowest BCUT2D eigenvalue weighted by Gasteiger charge is -2.10. The standard InChI is InChI=1S/C13H14Cl2N2/c14-12-4-1-11(2-5-12)3-6-13(15)9-17-8-7-16-10-17/h1-2,4-5,7-8,10,13H,3,6,9H2. The summed E-state index contributed by atoms with van der Waals surface area (Å²) in [5.41, 5.74) is 1.27. The molecule has 2 aromatic rings. The monoisotopic (exact) mass is 268 g/mol. The normalized spacial score (nSPS) is 12.6. The van der Waals surface area contributed by atoms with E-state index in [-0.39, 0.29) is 5.38 Å². The maximum atomic E-state index is 6.28. The van der Waals surface area contributed by atoms with Crippen molar-refractivity contribution >= 4 is 23.2 Å². The van der Waals surface area contributed by atoms with Gasteiger partial charge in [-0.3, -0.25) is 0 Å². The maximum Gasteiger partial charge on any atom is 0.0946 e. The molecule has 0 amide bonds. The van der Waals surface area contributed by atoms with Crippen LogP contribution in [0.2, 0.25) is 5.02 Å². The second-order valence-corrected chi connectivity index (χ2v) is 5.08. The average Bonchev–Trinajstić information content (AvgIpc) is 2.81. The van der Waals surface area contributed by atoms with Gasteiger partial charge in [-0.05, 0) is 30.5 Å². The summed E-state index contributed by atoms with van der Waals surface area (Å²) in [4.78, 5) is 3.99. The fraction of sp³-hybridized carbons (Fsp3) is 0.308. The first-order valence-electron chi connectivity index (χ1n) is 5.58. The van der Waals surface area contributed by atoms with Gasteiger partial charge < -0.3 is 4.57 Å². The van der Waals surface area contributed by atoms with Crippen LogP contribution in [0.15, 0.2) is 43.0 Å². The fourth-order valence-corrected chi connectivity index (χ4v) is 2.08. The van der Waals surface area contributed by atoms with Gasteiger partial charge in [0.05, 0.1) is 11.7 Å². The van der Waals surface area contributed by atoms with Crippen LogP contribution in [0.4, 0.5) is 0 Å². The number of imidazole rings is 1. The number of alkyl halides is 1. The van der Waals surface area contributed by atoms with Crippen molar-refractivity contribution in [2.45, 2.75) is 24.8 Å². The molecule has 0 aliphatic rings. The van der Waals surface area contributed by atoms with Crippen molar-refractivity contribution in [2.75, 3.05) is 0 Å². The van der Waals surface area contributed by atoms with Crippen LogP contribution in [-0.4, -0.2) is 14.9 Å². The molecule has 0 fully saturated rings. The van der Waals surface area contributed by atoms with Crippen LogP contribution in [0.3, 0.4) is 0 Å². The molecule has 1 aromatic carbocycles. The molecule has 1 atom stereocenters. The minimum absolute atomic E-state index is 0.125. The fourth-order valence-electron chi connectivity index (χ4n) is 1.69. The third kappa shape index (κ3) is 4.06. The predicted molar refractivity (Wildman–Crippen MR) is 71.6 cm³/mol. The van der Waals surface area contributed by atoms with Crippen molar-refractivity contribution in [2.24, 2.45) is 0 Å². The van der Waals surface area contributed by atoms with Crippen molar-refractivity contribution in [1.82, 2.24) is 9.55 Å². The van der Waals surface area contributed by atoms with Crippen molar-refractivity contribution in [3.05, 3.63) is 53.6 Å². The zero-order valence-corrected chi connectivity index (χ0v) is 10.9. The van der Waals surface area contributed by atoms with Crippen molar-refractivity contribution in [1.29, 1.82) is 0 Å². The Balaban J connectivity index is 1.79.